The number of hydrogen-bond donors (Lipinski definition) is 0. The molecule has 128 valence electrons. The summed E-state index contributed by atoms with van der Waals surface area (Å²) in [4.78, 5) is 0. The van der Waals surface area contributed by atoms with Crippen molar-refractivity contribution in [2.45, 2.75) is 103 Å². The van der Waals surface area contributed by atoms with Crippen molar-refractivity contribution in [1.82, 2.24) is 0 Å². The van der Waals surface area contributed by atoms with Crippen LogP contribution in [0.2, 0.25) is 18.1 Å². The molecule has 2 unspecified atom stereocenters. The van der Waals surface area contributed by atoms with Gasteiger partial charge in [0.1, 0.15) is 0 Å². The minimum atomic E-state index is -1.55. The van der Waals surface area contributed by atoms with Gasteiger partial charge in [-0.05, 0) is 38.1 Å². The molecule has 0 aliphatic carbocycles. The molecular weight excluding hydrogens is 276 g/mol. The van der Waals surface area contributed by atoms with Crippen LogP contribution in [0.4, 0.5) is 0 Å². The summed E-state index contributed by atoms with van der Waals surface area (Å²) in [5.74, 6) is 0. The van der Waals surface area contributed by atoms with Gasteiger partial charge in [0.05, 0.1) is 18.9 Å². The van der Waals surface area contributed by atoms with E-state index in [1.54, 1.807) is 0 Å². The van der Waals surface area contributed by atoms with Crippen LogP contribution in [-0.2, 0) is 9.47 Å². The Labute approximate surface area is 135 Å². The summed E-state index contributed by atoms with van der Waals surface area (Å²) in [5.41, 5.74) is -0.0448. The number of methoxy groups -OCH3 is 1. The lowest BCUT2D eigenvalue weighted by Crippen LogP contribution is -2.59. The molecule has 0 rings (SSSR count). The second kappa shape index (κ2) is 7.61. The molecule has 0 aromatic carbocycles. The zero-order chi connectivity index (χ0) is 16.9. The van der Waals surface area contributed by atoms with Crippen molar-refractivity contribution in [2.75, 3.05) is 13.7 Å². The maximum atomic E-state index is 6.50. The van der Waals surface area contributed by atoms with Crippen molar-refractivity contribution in [2.24, 2.45) is 0 Å². The fraction of sp³-hybridized carbons (Fsp3) is 1.00. The Morgan fingerprint density at radius 3 is 1.76 bits per heavy atom. The topological polar surface area (TPSA) is 18.5 Å². The van der Waals surface area contributed by atoms with E-state index in [2.05, 4.69) is 61.6 Å². The van der Waals surface area contributed by atoms with Gasteiger partial charge < -0.3 is 9.47 Å². The highest BCUT2D eigenvalue weighted by molar-refractivity contribution is 6.82. The Morgan fingerprint density at radius 2 is 1.43 bits per heavy atom. The Kier molecular flexibility index (Phi) is 7.66. The van der Waals surface area contributed by atoms with E-state index in [0.29, 0.717) is 5.04 Å². The molecule has 0 saturated heterocycles. The first-order valence-corrected chi connectivity index (χ1v) is 11.6. The van der Waals surface area contributed by atoms with Crippen molar-refractivity contribution < 1.29 is 9.47 Å². The first-order valence-electron chi connectivity index (χ1n) is 8.58. The van der Waals surface area contributed by atoms with E-state index >= 15 is 0 Å². The van der Waals surface area contributed by atoms with Crippen LogP contribution in [0.1, 0.15) is 74.1 Å². The maximum absolute atomic E-state index is 6.50. The molecule has 2 atom stereocenters. The van der Waals surface area contributed by atoms with E-state index in [1.807, 2.05) is 7.11 Å². The smallest absolute Gasteiger partial charge is 0.0903 e. The van der Waals surface area contributed by atoms with Crippen LogP contribution in [0.3, 0.4) is 0 Å². The first kappa shape index (κ1) is 21.1. The van der Waals surface area contributed by atoms with Gasteiger partial charge in [-0.15, -0.1) is 0 Å². The van der Waals surface area contributed by atoms with E-state index in [0.717, 1.165) is 32.3 Å². The highest BCUT2D eigenvalue weighted by Gasteiger charge is 2.50. The molecule has 2 nitrogen and oxygen atoms in total. The molecule has 0 amide bonds. The van der Waals surface area contributed by atoms with Gasteiger partial charge in [-0.3, -0.25) is 0 Å². The van der Waals surface area contributed by atoms with Crippen molar-refractivity contribution in [1.29, 1.82) is 0 Å². The van der Waals surface area contributed by atoms with Gasteiger partial charge in [-0.1, -0.05) is 54.1 Å². The molecule has 0 aliphatic heterocycles. The van der Waals surface area contributed by atoms with E-state index < -0.39 is 8.07 Å². The molecular formula is C18H40O2Si. The molecule has 0 spiro atoms. The van der Waals surface area contributed by atoms with Crippen molar-refractivity contribution >= 4 is 8.07 Å². The third kappa shape index (κ3) is 5.07. The summed E-state index contributed by atoms with van der Waals surface area (Å²) in [7, 11) is 0.275. The SMILES string of the molecule is CCCC(C)(CCOC(C)(CC)[Si](C)(C)C(C)(C)C)OC. The molecule has 0 fully saturated rings. The Hall–Kier alpha value is 0.137. The largest absolute Gasteiger partial charge is 0.379 e. The lowest BCUT2D eigenvalue weighted by Gasteiger charge is -2.50. The van der Waals surface area contributed by atoms with Gasteiger partial charge in [0, 0.05) is 13.7 Å². The van der Waals surface area contributed by atoms with Gasteiger partial charge in [-0.2, -0.15) is 0 Å². The van der Waals surface area contributed by atoms with E-state index in [-0.39, 0.29) is 10.8 Å². The summed E-state index contributed by atoms with van der Waals surface area (Å²) in [6.07, 6.45) is 4.30. The summed E-state index contributed by atoms with van der Waals surface area (Å²) < 4.78 is 12.2. The molecule has 0 aromatic heterocycles. The summed E-state index contributed by atoms with van der Waals surface area (Å²) in [6, 6.07) is 0. The Balaban J connectivity index is 4.86. The highest BCUT2D eigenvalue weighted by Crippen LogP contribution is 2.45. The second-order valence-electron chi connectivity index (χ2n) is 8.46. The zero-order valence-electron chi connectivity index (χ0n) is 16.4. The highest BCUT2D eigenvalue weighted by atomic mass is 28.3. The molecule has 0 aromatic rings. The van der Waals surface area contributed by atoms with Crippen LogP contribution < -0.4 is 0 Å². The van der Waals surface area contributed by atoms with Crippen LogP contribution in [0.5, 0.6) is 0 Å². The van der Waals surface area contributed by atoms with Gasteiger partial charge >= 0.3 is 0 Å². The number of hydrogen-bond acceptors (Lipinski definition) is 2. The fourth-order valence-corrected chi connectivity index (χ4v) is 5.80. The van der Waals surface area contributed by atoms with Gasteiger partial charge in [0.2, 0.25) is 0 Å². The van der Waals surface area contributed by atoms with Crippen molar-refractivity contribution in [3.05, 3.63) is 0 Å². The quantitative estimate of drug-likeness (QED) is 0.499. The predicted molar refractivity (Wildman–Crippen MR) is 96.8 cm³/mol. The normalized spacial score (nSPS) is 19.1. The number of rotatable bonds is 9. The Morgan fingerprint density at radius 1 is 0.905 bits per heavy atom. The molecule has 0 radical (unpaired) electrons. The second-order valence-corrected chi connectivity index (χ2v) is 14.3. The average Bonchev–Trinajstić information content (AvgIpc) is 2.37. The predicted octanol–water partition coefficient (Wildman–Crippen LogP) is 5.81. The number of ether oxygens (including phenoxy) is 2. The van der Waals surface area contributed by atoms with Crippen LogP contribution in [0, 0.1) is 0 Å². The minimum absolute atomic E-state index is 0.0200. The molecule has 0 bridgehead atoms. The molecule has 21 heavy (non-hydrogen) atoms. The monoisotopic (exact) mass is 316 g/mol. The lowest BCUT2D eigenvalue weighted by molar-refractivity contribution is -0.0532. The lowest BCUT2D eigenvalue weighted by atomic mass is 9.97. The first-order chi connectivity index (χ1) is 9.39. The van der Waals surface area contributed by atoms with E-state index in [1.165, 1.54) is 0 Å². The van der Waals surface area contributed by atoms with Crippen molar-refractivity contribution in [3.63, 3.8) is 0 Å². The molecule has 0 heterocycles. The van der Waals surface area contributed by atoms with Gasteiger partial charge in [-0.25, -0.2) is 0 Å². The van der Waals surface area contributed by atoms with Gasteiger partial charge in [0.25, 0.3) is 0 Å². The van der Waals surface area contributed by atoms with E-state index in [4.69, 9.17) is 9.47 Å². The standard InChI is InChI=1S/C18H40O2Si/c1-11-13-17(6,19-8)14-15-20-18(7,12-2)21(9,10)16(3,4)5/h11-15H2,1-10H3. The molecule has 3 heteroatoms. The zero-order valence-corrected chi connectivity index (χ0v) is 17.4. The summed E-state index contributed by atoms with van der Waals surface area (Å²) in [5, 5.41) is 0.359. The van der Waals surface area contributed by atoms with Crippen molar-refractivity contribution in [3.8, 4) is 0 Å². The third-order valence-electron chi connectivity index (χ3n) is 6.19. The Bertz CT molecular complexity index is 309. The summed E-state index contributed by atoms with van der Waals surface area (Å²) >= 11 is 0. The van der Waals surface area contributed by atoms with Crippen LogP contribution in [-0.4, -0.2) is 32.6 Å². The molecule has 0 N–H and O–H groups in total. The maximum Gasteiger partial charge on any atom is 0.0903 e. The summed E-state index contributed by atoms with van der Waals surface area (Å²) in [6.45, 7) is 21.8. The fourth-order valence-electron chi connectivity index (χ4n) is 2.87. The molecule has 0 saturated carbocycles. The van der Waals surface area contributed by atoms with E-state index in [9.17, 15) is 0 Å². The minimum Gasteiger partial charge on any atom is -0.379 e. The van der Waals surface area contributed by atoms with Crippen LogP contribution in [0.25, 0.3) is 0 Å². The molecule has 0 aliphatic rings. The average molecular weight is 317 g/mol. The van der Waals surface area contributed by atoms with Crippen LogP contribution >= 0.6 is 0 Å². The third-order valence-corrected chi connectivity index (χ3v) is 13.1. The van der Waals surface area contributed by atoms with Gasteiger partial charge in [0.15, 0.2) is 0 Å². The van der Waals surface area contributed by atoms with Crippen LogP contribution in [0.15, 0.2) is 0 Å².